The Bertz CT molecular complexity index is 1210. The van der Waals surface area contributed by atoms with Crippen molar-refractivity contribution in [1.29, 1.82) is 0 Å². The summed E-state index contributed by atoms with van der Waals surface area (Å²) in [6.45, 7) is 0.893. The highest BCUT2D eigenvalue weighted by atomic mass is 16.5. The molecule has 0 saturated heterocycles. The van der Waals surface area contributed by atoms with Crippen LogP contribution in [-0.4, -0.2) is 28.3 Å². The van der Waals surface area contributed by atoms with Gasteiger partial charge in [-0.3, -0.25) is 9.48 Å². The predicted octanol–water partition coefficient (Wildman–Crippen LogP) is 4.14. The maximum absolute atomic E-state index is 12.3. The molecule has 0 aliphatic heterocycles. The molecule has 1 heterocycles. The Labute approximate surface area is 198 Å². The van der Waals surface area contributed by atoms with Gasteiger partial charge >= 0.3 is 6.09 Å². The molecule has 0 aliphatic carbocycles. The van der Waals surface area contributed by atoms with Gasteiger partial charge < -0.3 is 15.4 Å². The van der Waals surface area contributed by atoms with Crippen LogP contribution in [0.1, 0.15) is 16.7 Å². The third kappa shape index (κ3) is 6.56. The molecular formula is C27H26N4O3. The van der Waals surface area contributed by atoms with Crippen LogP contribution in [0.2, 0.25) is 0 Å². The summed E-state index contributed by atoms with van der Waals surface area (Å²) in [5.74, 6) is -0.313. The maximum atomic E-state index is 12.3. The van der Waals surface area contributed by atoms with Crippen molar-refractivity contribution >= 4 is 12.0 Å². The molecule has 7 heteroatoms. The molecule has 4 rings (SSSR count). The number of carbonyl (C=O) groups excluding carboxylic acids is 2. The van der Waals surface area contributed by atoms with E-state index in [1.54, 1.807) is 0 Å². The Kier molecular flexibility index (Phi) is 7.69. The first-order chi connectivity index (χ1) is 16.7. The molecule has 4 aromatic rings. The summed E-state index contributed by atoms with van der Waals surface area (Å²) in [6, 6.07) is 29.3. The van der Waals surface area contributed by atoms with Crippen molar-refractivity contribution in [1.82, 2.24) is 20.4 Å². The van der Waals surface area contributed by atoms with Crippen LogP contribution in [0.15, 0.2) is 97.2 Å². The van der Waals surface area contributed by atoms with Gasteiger partial charge in [-0.15, -0.1) is 0 Å². The lowest BCUT2D eigenvalue weighted by Crippen LogP contribution is -2.36. The van der Waals surface area contributed by atoms with E-state index in [0.29, 0.717) is 13.1 Å². The smallest absolute Gasteiger partial charge is 0.407 e. The van der Waals surface area contributed by atoms with Gasteiger partial charge in [-0.2, -0.15) is 5.10 Å². The van der Waals surface area contributed by atoms with Crippen molar-refractivity contribution in [2.45, 2.75) is 19.7 Å². The van der Waals surface area contributed by atoms with E-state index in [1.807, 2.05) is 102 Å². The highest BCUT2D eigenvalue weighted by molar-refractivity contribution is 5.82. The molecule has 1 aromatic heterocycles. The first kappa shape index (κ1) is 22.8. The number of rotatable bonds is 9. The second kappa shape index (κ2) is 11.5. The van der Waals surface area contributed by atoms with Crippen LogP contribution in [0.25, 0.3) is 11.3 Å². The second-order valence-electron chi connectivity index (χ2n) is 7.74. The first-order valence-electron chi connectivity index (χ1n) is 11.0. The molecule has 0 saturated carbocycles. The number of aromatic nitrogens is 2. The molecule has 2 N–H and O–H groups in total. The summed E-state index contributed by atoms with van der Waals surface area (Å²) in [7, 11) is 0. The zero-order valence-corrected chi connectivity index (χ0v) is 18.7. The second-order valence-corrected chi connectivity index (χ2v) is 7.74. The van der Waals surface area contributed by atoms with Gasteiger partial charge in [-0.1, -0.05) is 91.0 Å². The summed E-state index contributed by atoms with van der Waals surface area (Å²) in [5, 5.41) is 10.1. The van der Waals surface area contributed by atoms with Crippen molar-refractivity contribution in [2.24, 2.45) is 0 Å². The Hall–Kier alpha value is -4.39. The largest absolute Gasteiger partial charge is 0.445 e. The lowest BCUT2D eigenvalue weighted by molar-refractivity contribution is -0.120. The zero-order valence-electron chi connectivity index (χ0n) is 18.7. The van der Waals surface area contributed by atoms with Crippen LogP contribution in [0.4, 0.5) is 4.79 Å². The fourth-order valence-electron chi connectivity index (χ4n) is 3.47. The Morgan fingerprint density at radius 3 is 2.09 bits per heavy atom. The van der Waals surface area contributed by atoms with E-state index in [-0.39, 0.29) is 19.1 Å². The van der Waals surface area contributed by atoms with Gasteiger partial charge in [0.05, 0.1) is 12.2 Å². The average molecular weight is 455 g/mol. The van der Waals surface area contributed by atoms with E-state index in [1.165, 1.54) is 0 Å². The molecular weight excluding hydrogens is 428 g/mol. The monoisotopic (exact) mass is 454 g/mol. The van der Waals surface area contributed by atoms with Crippen molar-refractivity contribution in [2.75, 3.05) is 6.54 Å². The number of amides is 2. The number of hydrogen-bond acceptors (Lipinski definition) is 4. The van der Waals surface area contributed by atoms with Crippen LogP contribution in [0, 0.1) is 0 Å². The average Bonchev–Trinajstić information content (AvgIpc) is 3.29. The minimum absolute atomic E-state index is 0.148. The molecule has 0 fully saturated rings. The van der Waals surface area contributed by atoms with E-state index < -0.39 is 6.09 Å². The number of alkyl carbamates (subject to hydrolysis) is 1. The van der Waals surface area contributed by atoms with Gasteiger partial charge in [0.1, 0.15) is 13.2 Å². The molecule has 0 unspecified atom stereocenters. The van der Waals surface area contributed by atoms with Crippen LogP contribution in [-0.2, 0) is 29.2 Å². The summed E-state index contributed by atoms with van der Waals surface area (Å²) < 4.78 is 7.01. The minimum Gasteiger partial charge on any atom is -0.445 e. The van der Waals surface area contributed by atoms with E-state index in [4.69, 9.17) is 9.84 Å². The number of nitrogens with zero attached hydrogens (tertiary/aromatic N) is 2. The van der Waals surface area contributed by atoms with Gasteiger partial charge in [0.25, 0.3) is 0 Å². The molecule has 0 atom stereocenters. The lowest BCUT2D eigenvalue weighted by atomic mass is 10.1. The van der Waals surface area contributed by atoms with E-state index in [0.717, 1.165) is 27.9 Å². The number of carbonyl (C=O) groups is 2. The molecule has 0 radical (unpaired) electrons. The van der Waals surface area contributed by atoms with E-state index in [2.05, 4.69) is 10.6 Å². The SMILES string of the molecule is O=C(CNC(=O)OCc1ccccc1)NCc1cn(Cc2ccccc2)nc1-c1ccccc1. The Balaban J connectivity index is 1.33. The van der Waals surface area contributed by atoms with Crippen LogP contribution in [0.5, 0.6) is 0 Å². The summed E-state index contributed by atoms with van der Waals surface area (Å²) in [4.78, 5) is 24.2. The third-order valence-corrected chi connectivity index (χ3v) is 5.15. The van der Waals surface area contributed by atoms with Crippen molar-refractivity contribution < 1.29 is 14.3 Å². The van der Waals surface area contributed by atoms with Gasteiger partial charge in [0.15, 0.2) is 0 Å². The molecule has 0 bridgehead atoms. The fourth-order valence-corrected chi connectivity index (χ4v) is 3.47. The standard InChI is InChI=1S/C27H26N4O3/c32-25(17-29-27(33)34-20-22-12-6-2-7-13-22)28-16-24-19-31(18-21-10-4-1-5-11-21)30-26(24)23-14-8-3-9-15-23/h1-15,19H,16-18,20H2,(H,28,32)(H,29,33). The van der Waals surface area contributed by atoms with Crippen molar-refractivity contribution in [3.05, 3.63) is 114 Å². The number of hydrogen-bond donors (Lipinski definition) is 2. The van der Waals surface area contributed by atoms with Crippen molar-refractivity contribution in [3.8, 4) is 11.3 Å². The molecule has 34 heavy (non-hydrogen) atoms. The quantitative estimate of drug-likeness (QED) is 0.398. The van der Waals surface area contributed by atoms with Crippen LogP contribution in [0.3, 0.4) is 0 Å². The number of benzene rings is 3. The van der Waals surface area contributed by atoms with Gasteiger partial charge in [-0.25, -0.2) is 4.79 Å². The molecule has 0 aliphatic rings. The first-order valence-corrected chi connectivity index (χ1v) is 11.0. The van der Waals surface area contributed by atoms with Crippen LogP contribution >= 0.6 is 0 Å². The van der Waals surface area contributed by atoms with E-state index in [9.17, 15) is 9.59 Å². The molecule has 2 amide bonds. The molecule has 7 nitrogen and oxygen atoms in total. The highest BCUT2D eigenvalue weighted by Crippen LogP contribution is 2.22. The van der Waals surface area contributed by atoms with Gasteiger partial charge in [0, 0.05) is 23.9 Å². The van der Waals surface area contributed by atoms with Crippen molar-refractivity contribution in [3.63, 3.8) is 0 Å². The number of ether oxygens (including phenoxy) is 1. The molecule has 172 valence electrons. The third-order valence-electron chi connectivity index (χ3n) is 5.15. The fraction of sp³-hybridized carbons (Fsp3) is 0.148. The normalized spacial score (nSPS) is 10.5. The summed E-state index contributed by atoms with van der Waals surface area (Å²) in [6.07, 6.45) is 1.30. The summed E-state index contributed by atoms with van der Waals surface area (Å²) >= 11 is 0. The zero-order chi connectivity index (χ0) is 23.6. The highest BCUT2D eigenvalue weighted by Gasteiger charge is 2.13. The number of nitrogens with one attached hydrogen (secondary N) is 2. The topological polar surface area (TPSA) is 85.3 Å². The van der Waals surface area contributed by atoms with Gasteiger partial charge in [0.2, 0.25) is 5.91 Å². The predicted molar refractivity (Wildman–Crippen MR) is 130 cm³/mol. The lowest BCUT2D eigenvalue weighted by Gasteiger charge is -2.08. The Morgan fingerprint density at radius 2 is 1.41 bits per heavy atom. The Morgan fingerprint density at radius 1 is 0.794 bits per heavy atom. The maximum Gasteiger partial charge on any atom is 0.407 e. The molecule has 0 spiro atoms. The molecule has 3 aromatic carbocycles. The van der Waals surface area contributed by atoms with E-state index >= 15 is 0 Å². The summed E-state index contributed by atoms with van der Waals surface area (Å²) in [5.41, 5.74) is 4.69. The van der Waals surface area contributed by atoms with Crippen LogP contribution < -0.4 is 10.6 Å². The minimum atomic E-state index is -0.639. The van der Waals surface area contributed by atoms with Gasteiger partial charge in [-0.05, 0) is 11.1 Å².